The topological polar surface area (TPSA) is 92.0 Å². The number of nitrogens with zero attached hydrogens (tertiary/aromatic N) is 5. The molecule has 0 aliphatic carbocycles. The first-order valence-corrected chi connectivity index (χ1v) is 11.2. The molecular weight excluding hydrogens is 461 g/mol. The number of likely N-dealkylation sites (tertiary alicyclic amines) is 1. The highest BCUT2D eigenvalue weighted by Crippen LogP contribution is 2.37. The monoisotopic (exact) mass is 481 g/mol. The quantitative estimate of drug-likeness (QED) is 0.507. The molecule has 7 nitrogen and oxygen atoms in total. The highest BCUT2D eigenvalue weighted by molar-refractivity contribution is 6.42. The molecule has 33 heavy (non-hydrogen) atoms. The second kappa shape index (κ2) is 10.2. The molecule has 1 amide bonds. The molecule has 0 radical (unpaired) electrons. The number of carbonyl (C=O) groups is 1. The van der Waals surface area contributed by atoms with E-state index in [4.69, 9.17) is 33.2 Å². The minimum atomic E-state index is -0.0739. The van der Waals surface area contributed by atoms with Crippen LogP contribution in [0.5, 0.6) is 5.88 Å². The van der Waals surface area contributed by atoms with Crippen molar-refractivity contribution in [3.05, 3.63) is 81.2 Å². The van der Waals surface area contributed by atoms with Gasteiger partial charge in [0, 0.05) is 31.3 Å². The molecule has 2 atom stereocenters. The first-order chi connectivity index (χ1) is 15.9. The summed E-state index contributed by atoms with van der Waals surface area (Å²) in [6.07, 6.45) is 3.69. The van der Waals surface area contributed by atoms with Gasteiger partial charge in [-0.25, -0.2) is 4.98 Å². The Bertz CT molecular complexity index is 1200. The van der Waals surface area contributed by atoms with E-state index >= 15 is 0 Å². The van der Waals surface area contributed by atoms with E-state index in [2.05, 4.69) is 15.2 Å². The van der Waals surface area contributed by atoms with Gasteiger partial charge < -0.3 is 9.64 Å². The zero-order valence-electron chi connectivity index (χ0n) is 17.9. The Morgan fingerprint density at radius 2 is 2.03 bits per heavy atom. The summed E-state index contributed by atoms with van der Waals surface area (Å²) in [7, 11) is 0. The van der Waals surface area contributed by atoms with E-state index in [0.717, 1.165) is 5.56 Å². The molecule has 1 saturated heterocycles. The second-order valence-electron chi connectivity index (χ2n) is 7.97. The summed E-state index contributed by atoms with van der Waals surface area (Å²) in [5.74, 6) is 0.622. The van der Waals surface area contributed by atoms with Crippen molar-refractivity contribution < 1.29 is 9.53 Å². The average Bonchev–Trinajstić information content (AvgIpc) is 3.25. The fourth-order valence-corrected chi connectivity index (χ4v) is 4.38. The van der Waals surface area contributed by atoms with Crippen LogP contribution in [0.1, 0.15) is 39.5 Å². The molecule has 0 saturated carbocycles. The molecule has 9 heteroatoms. The maximum absolute atomic E-state index is 13.1. The van der Waals surface area contributed by atoms with E-state index in [1.807, 2.05) is 30.0 Å². The molecule has 1 aromatic carbocycles. The van der Waals surface area contributed by atoms with Crippen LogP contribution >= 0.6 is 23.2 Å². The van der Waals surface area contributed by atoms with Gasteiger partial charge in [0.1, 0.15) is 6.07 Å². The van der Waals surface area contributed by atoms with Crippen LogP contribution in [0.2, 0.25) is 10.0 Å². The molecule has 2 aromatic heterocycles. The van der Waals surface area contributed by atoms with Gasteiger partial charge in [0.25, 0.3) is 5.91 Å². The third-order valence-corrected chi connectivity index (χ3v) is 6.47. The SMILES string of the molecule is Cc1cc(C(=O)N2CC(CCOc3ccc(C#N)cn3)C(c3ccc(Cl)c(Cl)c3)C2)cnn1. The van der Waals surface area contributed by atoms with Crippen LogP contribution < -0.4 is 4.74 Å². The molecule has 3 aromatic rings. The van der Waals surface area contributed by atoms with Crippen molar-refractivity contribution in [2.45, 2.75) is 19.3 Å². The van der Waals surface area contributed by atoms with Gasteiger partial charge in [-0.3, -0.25) is 4.79 Å². The number of carbonyl (C=O) groups excluding carboxylic acids is 1. The molecule has 2 unspecified atom stereocenters. The van der Waals surface area contributed by atoms with Crippen LogP contribution in [0.3, 0.4) is 0 Å². The van der Waals surface area contributed by atoms with E-state index in [1.165, 1.54) is 12.4 Å². The lowest BCUT2D eigenvalue weighted by atomic mass is 9.87. The smallest absolute Gasteiger partial charge is 0.255 e. The molecule has 3 heterocycles. The Morgan fingerprint density at radius 3 is 2.73 bits per heavy atom. The summed E-state index contributed by atoms with van der Waals surface area (Å²) in [4.78, 5) is 19.1. The van der Waals surface area contributed by atoms with Crippen molar-refractivity contribution in [2.75, 3.05) is 19.7 Å². The van der Waals surface area contributed by atoms with Crippen LogP contribution in [-0.2, 0) is 0 Å². The van der Waals surface area contributed by atoms with E-state index in [-0.39, 0.29) is 17.7 Å². The predicted molar refractivity (Wildman–Crippen MR) is 124 cm³/mol. The van der Waals surface area contributed by atoms with Gasteiger partial charge in [0.2, 0.25) is 5.88 Å². The highest BCUT2D eigenvalue weighted by atomic mass is 35.5. The largest absolute Gasteiger partial charge is 0.478 e. The normalized spacial score (nSPS) is 17.6. The van der Waals surface area contributed by atoms with Crippen LogP contribution in [0.25, 0.3) is 0 Å². The van der Waals surface area contributed by atoms with Crippen molar-refractivity contribution in [3.63, 3.8) is 0 Å². The fourth-order valence-electron chi connectivity index (χ4n) is 4.07. The van der Waals surface area contributed by atoms with Crippen molar-refractivity contribution in [3.8, 4) is 11.9 Å². The second-order valence-corrected chi connectivity index (χ2v) is 8.78. The van der Waals surface area contributed by atoms with Crippen LogP contribution in [-0.4, -0.2) is 45.7 Å². The minimum absolute atomic E-state index is 0.0739. The Morgan fingerprint density at radius 1 is 1.18 bits per heavy atom. The summed E-state index contributed by atoms with van der Waals surface area (Å²) in [5, 5.41) is 17.7. The number of amides is 1. The van der Waals surface area contributed by atoms with Crippen LogP contribution in [0.15, 0.2) is 48.8 Å². The molecule has 168 valence electrons. The van der Waals surface area contributed by atoms with Gasteiger partial charge in [-0.05, 0) is 49.1 Å². The number of halogens is 2. The van der Waals surface area contributed by atoms with Gasteiger partial charge in [0.05, 0.1) is 39.7 Å². The number of benzene rings is 1. The van der Waals surface area contributed by atoms with Gasteiger partial charge >= 0.3 is 0 Å². The number of aromatic nitrogens is 3. The molecule has 0 N–H and O–H groups in total. The first-order valence-electron chi connectivity index (χ1n) is 10.5. The summed E-state index contributed by atoms with van der Waals surface area (Å²) < 4.78 is 5.80. The molecule has 1 aliphatic heterocycles. The van der Waals surface area contributed by atoms with Gasteiger partial charge in [-0.1, -0.05) is 29.3 Å². The Balaban J connectivity index is 1.50. The third-order valence-electron chi connectivity index (χ3n) is 5.73. The fraction of sp³-hybridized carbons (Fsp3) is 0.292. The number of hydrogen-bond acceptors (Lipinski definition) is 6. The molecular formula is C24H21Cl2N5O2. The predicted octanol–water partition coefficient (Wildman–Crippen LogP) is 4.68. The highest BCUT2D eigenvalue weighted by Gasteiger charge is 2.36. The van der Waals surface area contributed by atoms with E-state index in [0.29, 0.717) is 58.9 Å². The van der Waals surface area contributed by atoms with Crippen molar-refractivity contribution in [2.24, 2.45) is 5.92 Å². The Kier molecular flexibility index (Phi) is 7.07. The molecule has 0 bridgehead atoms. The van der Waals surface area contributed by atoms with Crippen LogP contribution in [0.4, 0.5) is 0 Å². The Labute approximate surface area is 201 Å². The van der Waals surface area contributed by atoms with Crippen LogP contribution in [0, 0.1) is 24.2 Å². The summed E-state index contributed by atoms with van der Waals surface area (Å²) in [5.41, 5.74) is 2.73. The number of rotatable bonds is 6. The molecule has 1 aliphatic rings. The number of pyridine rings is 1. The third kappa shape index (κ3) is 5.41. The zero-order chi connectivity index (χ0) is 23.4. The lowest BCUT2D eigenvalue weighted by molar-refractivity contribution is 0.0783. The van der Waals surface area contributed by atoms with Gasteiger partial charge in [-0.2, -0.15) is 15.5 Å². The number of nitriles is 1. The molecule has 1 fully saturated rings. The lowest BCUT2D eigenvalue weighted by Crippen LogP contribution is -2.29. The first kappa shape index (κ1) is 23.0. The summed E-state index contributed by atoms with van der Waals surface area (Å²) in [6, 6.07) is 12.7. The number of ether oxygens (including phenoxy) is 1. The van der Waals surface area contributed by atoms with Gasteiger partial charge in [0.15, 0.2) is 0 Å². The van der Waals surface area contributed by atoms with Gasteiger partial charge in [-0.15, -0.1) is 0 Å². The average molecular weight is 482 g/mol. The number of hydrogen-bond donors (Lipinski definition) is 0. The van der Waals surface area contributed by atoms with Crippen molar-refractivity contribution in [1.29, 1.82) is 5.26 Å². The zero-order valence-corrected chi connectivity index (χ0v) is 19.4. The number of aryl methyl sites for hydroxylation is 1. The van der Waals surface area contributed by atoms with Crippen molar-refractivity contribution in [1.82, 2.24) is 20.1 Å². The van der Waals surface area contributed by atoms with E-state index < -0.39 is 0 Å². The minimum Gasteiger partial charge on any atom is -0.478 e. The van der Waals surface area contributed by atoms with E-state index in [1.54, 1.807) is 24.3 Å². The summed E-state index contributed by atoms with van der Waals surface area (Å²) in [6.45, 7) is 3.37. The van der Waals surface area contributed by atoms with Crippen molar-refractivity contribution >= 4 is 29.1 Å². The molecule has 4 rings (SSSR count). The standard InChI is InChI=1S/C24H21Cl2N5O2/c1-15-8-19(12-29-30-15)24(32)31-13-18(6-7-33-23-5-2-16(10-27)11-28-23)20(14-31)17-3-4-21(25)22(26)9-17/h2-5,8-9,11-12,18,20H,6-7,13-14H2,1H3. The summed E-state index contributed by atoms with van der Waals surface area (Å²) >= 11 is 12.4. The van der Waals surface area contributed by atoms with E-state index in [9.17, 15) is 4.79 Å². The Hall–Kier alpha value is -3.21. The lowest BCUT2D eigenvalue weighted by Gasteiger charge is -2.19. The maximum Gasteiger partial charge on any atom is 0.255 e. The molecule has 0 spiro atoms. The maximum atomic E-state index is 13.1.